The SMILES string of the molecule is Cc1cccc(C=N[C@@H]2CCCC[C@H]2N=Cc2cccc(C)c2O)c1O.[Co]. The van der Waals surface area contributed by atoms with E-state index in [2.05, 4.69) is 0 Å². The van der Waals surface area contributed by atoms with Gasteiger partial charge in [0.2, 0.25) is 0 Å². The first-order valence-electron chi connectivity index (χ1n) is 9.20. The molecule has 1 aliphatic rings. The summed E-state index contributed by atoms with van der Waals surface area (Å²) in [5.74, 6) is 0.577. The average Bonchev–Trinajstić information content (AvgIpc) is 2.65. The molecule has 0 aromatic heterocycles. The third kappa shape index (κ3) is 5.20. The fourth-order valence-corrected chi connectivity index (χ4v) is 3.36. The minimum atomic E-state index is 0. The largest absolute Gasteiger partial charge is 0.507 e. The molecule has 0 unspecified atom stereocenters. The summed E-state index contributed by atoms with van der Waals surface area (Å²) >= 11 is 0. The van der Waals surface area contributed by atoms with E-state index in [-0.39, 0.29) is 40.4 Å². The van der Waals surface area contributed by atoms with Crippen molar-refractivity contribution < 1.29 is 27.0 Å². The Morgan fingerprint density at radius 2 is 1.19 bits per heavy atom. The van der Waals surface area contributed by atoms with Crippen LogP contribution in [-0.2, 0) is 16.8 Å². The number of hydrogen-bond donors (Lipinski definition) is 2. The van der Waals surface area contributed by atoms with Crippen LogP contribution in [0.15, 0.2) is 46.4 Å². The van der Waals surface area contributed by atoms with E-state index in [0.717, 1.165) is 47.9 Å². The molecule has 2 atom stereocenters. The van der Waals surface area contributed by atoms with Gasteiger partial charge >= 0.3 is 0 Å². The summed E-state index contributed by atoms with van der Waals surface area (Å²) in [6.45, 7) is 3.77. The number of benzene rings is 2. The molecule has 145 valence electrons. The maximum Gasteiger partial charge on any atom is 0.127 e. The summed E-state index contributed by atoms with van der Waals surface area (Å²) in [4.78, 5) is 9.46. The Labute approximate surface area is 171 Å². The first kappa shape index (κ1) is 21.2. The molecule has 0 saturated heterocycles. The second-order valence-corrected chi connectivity index (χ2v) is 7.00. The van der Waals surface area contributed by atoms with E-state index in [4.69, 9.17) is 9.98 Å². The Kier molecular flexibility index (Phi) is 7.62. The Bertz CT molecular complexity index is 764. The van der Waals surface area contributed by atoms with Gasteiger partial charge in [-0.15, -0.1) is 0 Å². The van der Waals surface area contributed by atoms with E-state index in [1.165, 1.54) is 0 Å². The molecule has 0 bridgehead atoms. The molecule has 0 spiro atoms. The number of phenols is 2. The van der Waals surface area contributed by atoms with Crippen LogP contribution in [-0.4, -0.2) is 34.7 Å². The van der Waals surface area contributed by atoms with Crippen LogP contribution in [0.4, 0.5) is 0 Å². The van der Waals surface area contributed by atoms with E-state index >= 15 is 0 Å². The molecule has 4 nitrogen and oxygen atoms in total. The summed E-state index contributed by atoms with van der Waals surface area (Å²) < 4.78 is 0. The Balaban J connectivity index is 0.00000261. The molecule has 5 heteroatoms. The minimum Gasteiger partial charge on any atom is -0.507 e. The summed E-state index contributed by atoms with van der Waals surface area (Å²) in [6.07, 6.45) is 7.80. The Hall–Kier alpha value is -2.11. The van der Waals surface area contributed by atoms with Gasteiger partial charge in [-0.2, -0.15) is 0 Å². The molecule has 3 rings (SSSR count). The van der Waals surface area contributed by atoms with Crippen LogP contribution in [0, 0.1) is 13.8 Å². The third-order valence-corrected chi connectivity index (χ3v) is 5.04. The van der Waals surface area contributed by atoms with Crippen LogP contribution >= 0.6 is 0 Å². The Morgan fingerprint density at radius 3 is 1.59 bits per heavy atom. The van der Waals surface area contributed by atoms with Gasteiger partial charge in [-0.05, 0) is 49.9 Å². The number of para-hydroxylation sites is 2. The first-order chi connectivity index (χ1) is 12.6. The summed E-state index contributed by atoms with van der Waals surface area (Å²) in [5, 5.41) is 20.3. The van der Waals surface area contributed by atoms with Crippen LogP contribution in [0.5, 0.6) is 11.5 Å². The standard InChI is InChI=1S/C22H26N2O2.Co/c1-15-7-5-9-17(21(15)25)13-23-19-11-3-4-12-20(19)24-14-18-10-6-8-16(2)22(18)26;/h5-10,13-14,19-20,25-26H,3-4,11-12H2,1-2H3;/t19-,20-;/m1./s1. The molecule has 1 fully saturated rings. The van der Waals surface area contributed by atoms with Crippen molar-refractivity contribution in [1.29, 1.82) is 0 Å². The molecule has 27 heavy (non-hydrogen) atoms. The molecule has 0 amide bonds. The van der Waals surface area contributed by atoms with Crippen molar-refractivity contribution in [2.45, 2.75) is 51.6 Å². The van der Waals surface area contributed by atoms with Crippen molar-refractivity contribution in [2.75, 3.05) is 0 Å². The van der Waals surface area contributed by atoms with Gasteiger partial charge in [-0.1, -0.05) is 37.1 Å². The van der Waals surface area contributed by atoms with Gasteiger partial charge in [0.25, 0.3) is 0 Å². The average molecular weight is 409 g/mol. The molecule has 1 aliphatic carbocycles. The molecule has 2 N–H and O–H groups in total. The first-order valence-corrected chi connectivity index (χ1v) is 9.20. The number of aliphatic imine (C=N–C) groups is 2. The molecule has 0 heterocycles. The third-order valence-electron chi connectivity index (χ3n) is 5.04. The molecular formula is C22H26CoN2O2. The topological polar surface area (TPSA) is 65.2 Å². The van der Waals surface area contributed by atoms with Gasteiger partial charge in [0.05, 0.1) is 12.1 Å². The fourth-order valence-electron chi connectivity index (χ4n) is 3.36. The van der Waals surface area contributed by atoms with Gasteiger partial charge < -0.3 is 10.2 Å². The zero-order valence-electron chi connectivity index (χ0n) is 15.7. The molecule has 2 aromatic carbocycles. The number of aromatic hydroxyl groups is 2. The van der Waals surface area contributed by atoms with Gasteiger partial charge in [0.1, 0.15) is 11.5 Å². The van der Waals surface area contributed by atoms with Crippen molar-refractivity contribution in [1.82, 2.24) is 0 Å². The second-order valence-electron chi connectivity index (χ2n) is 7.00. The fraction of sp³-hybridized carbons (Fsp3) is 0.364. The van der Waals surface area contributed by atoms with Gasteiger partial charge in [-0.3, -0.25) is 9.98 Å². The summed E-state index contributed by atoms with van der Waals surface area (Å²) in [5.41, 5.74) is 3.19. The van der Waals surface area contributed by atoms with Crippen molar-refractivity contribution in [3.05, 3.63) is 58.7 Å². The number of phenolic OH excluding ortho intramolecular Hbond substituents is 2. The van der Waals surface area contributed by atoms with Crippen molar-refractivity contribution >= 4 is 12.4 Å². The second kappa shape index (κ2) is 9.72. The normalized spacial score (nSPS) is 20.1. The van der Waals surface area contributed by atoms with Crippen LogP contribution in [0.1, 0.15) is 47.9 Å². The molecule has 2 aromatic rings. The van der Waals surface area contributed by atoms with E-state index in [0.29, 0.717) is 0 Å². The smallest absolute Gasteiger partial charge is 0.127 e. The minimum absolute atomic E-state index is 0. The molecule has 0 aliphatic heterocycles. The summed E-state index contributed by atoms with van der Waals surface area (Å²) in [6, 6.07) is 11.6. The van der Waals surface area contributed by atoms with Gasteiger partial charge in [0.15, 0.2) is 0 Å². The zero-order chi connectivity index (χ0) is 18.5. The van der Waals surface area contributed by atoms with E-state index < -0.39 is 0 Å². The predicted octanol–water partition coefficient (Wildman–Crippen LogP) is 4.56. The zero-order valence-corrected chi connectivity index (χ0v) is 16.8. The maximum absolute atomic E-state index is 10.2. The van der Waals surface area contributed by atoms with Crippen molar-refractivity contribution in [3.63, 3.8) is 0 Å². The van der Waals surface area contributed by atoms with E-state index in [1.807, 2.05) is 50.2 Å². The Morgan fingerprint density at radius 1 is 0.778 bits per heavy atom. The van der Waals surface area contributed by atoms with Gasteiger partial charge in [0, 0.05) is 40.3 Å². The quantitative estimate of drug-likeness (QED) is 0.727. The maximum atomic E-state index is 10.2. The van der Waals surface area contributed by atoms with E-state index in [9.17, 15) is 10.2 Å². The molecular weight excluding hydrogens is 383 g/mol. The van der Waals surface area contributed by atoms with Crippen LogP contribution in [0.25, 0.3) is 0 Å². The molecule has 1 radical (unpaired) electrons. The number of hydrogen-bond acceptors (Lipinski definition) is 4. The molecule has 1 saturated carbocycles. The monoisotopic (exact) mass is 409 g/mol. The van der Waals surface area contributed by atoms with Gasteiger partial charge in [-0.25, -0.2) is 0 Å². The number of aryl methyl sites for hydroxylation is 2. The van der Waals surface area contributed by atoms with Crippen LogP contribution in [0.3, 0.4) is 0 Å². The number of rotatable bonds is 4. The predicted molar refractivity (Wildman–Crippen MR) is 107 cm³/mol. The van der Waals surface area contributed by atoms with Crippen molar-refractivity contribution in [3.8, 4) is 11.5 Å². The van der Waals surface area contributed by atoms with Crippen molar-refractivity contribution in [2.24, 2.45) is 9.98 Å². The summed E-state index contributed by atoms with van der Waals surface area (Å²) in [7, 11) is 0. The van der Waals surface area contributed by atoms with E-state index in [1.54, 1.807) is 12.4 Å². The van der Waals surface area contributed by atoms with Crippen LogP contribution < -0.4 is 0 Å². The number of nitrogens with zero attached hydrogens (tertiary/aromatic N) is 2. The van der Waals surface area contributed by atoms with Crippen LogP contribution in [0.2, 0.25) is 0 Å².